The lowest BCUT2D eigenvalue weighted by atomic mass is 10.2. The lowest BCUT2D eigenvalue weighted by Crippen LogP contribution is -2.21. The third-order valence-corrected chi connectivity index (χ3v) is 3.49. The average molecular weight is 348 g/mol. The number of ether oxygens (including phenoxy) is 3. The smallest absolute Gasteiger partial charge is 0.338 e. The van der Waals surface area contributed by atoms with Crippen molar-refractivity contribution in [1.29, 1.82) is 0 Å². The Labute approximate surface area is 143 Å². The van der Waals surface area contributed by atoms with Gasteiger partial charge in [0.2, 0.25) is 0 Å². The molecule has 1 amide bonds. The van der Waals surface area contributed by atoms with E-state index in [1.807, 2.05) is 0 Å². The van der Waals surface area contributed by atoms with Crippen molar-refractivity contribution >= 4 is 29.2 Å². The molecule has 0 radical (unpaired) electrons. The lowest BCUT2D eigenvalue weighted by Gasteiger charge is -2.18. The number of fused-ring (bicyclic) bond motifs is 1. The van der Waals surface area contributed by atoms with E-state index >= 15 is 0 Å². The van der Waals surface area contributed by atoms with E-state index < -0.39 is 18.5 Å². The first-order valence-corrected chi connectivity index (χ1v) is 7.62. The quantitative estimate of drug-likeness (QED) is 0.861. The summed E-state index contributed by atoms with van der Waals surface area (Å²) in [7, 11) is 0. The molecule has 0 atom stereocenters. The summed E-state index contributed by atoms with van der Waals surface area (Å²) in [6, 6.07) is 11.3. The molecule has 1 aliphatic rings. The molecule has 0 aliphatic carbocycles. The second-order valence-corrected chi connectivity index (χ2v) is 5.43. The Morgan fingerprint density at radius 1 is 1.04 bits per heavy atom. The fourth-order valence-electron chi connectivity index (χ4n) is 2.12. The normalized spacial score (nSPS) is 12.4. The Balaban J connectivity index is 1.55. The van der Waals surface area contributed by atoms with Gasteiger partial charge >= 0.3 is 5.97 Å². The van der Waals surface area contributed by atoms with E-state index in [4.69, 9.17) is 25.8 Å². The number of benzene rings is 2. The van der Waals surface area contributed by atoms with E-state index in [0.29, 0.717) is 41.0 Å². The van der Waals surface area contributed by atoms with Crippen molar-refractivity contribution in [1.82, 2.24) is 0 Å². The highest BCUT2D eigenvalue weighted by Crippen LogP contribution is 2.30. The fourth-order valence-corrected chi connectivity index (χ4v) is 2.24. The second kappa shape index (κ2) is 7.23. The van der Waals surface area contributed by atoms with Crippen LogP contribution in [0, 0.1) is 0 Å². The summed E-state index contributed by atoms with van der Waals surface area (Å²) in [5.74, 6) is 0.0149. The Hall–Kier alpha value is -2.73. The van der Waals surface area contributed by atoms with Gasteiger partial charge in [-0.25, -0.2) is 4.79 Å². The van der Waals surface area contributed by atoms with Gasteiger partial charge in [0.1, 0.15) is 13.2 Å². The molecular weight excluding hydrogens is 334 g/mol. The maximum Gasteiger partial charge on any atom is 0.338 e. The van der Waals surface area contributed by atoms with Gasteiger partial charge in [-0.3, -0.25) is 4.79 Å². The first kappa shape index (κ1) is 16.1. The Kier molecular flexibility index (Phi) is 4.86. The van der Waals surface area contributed by atoms with Crippen molar-refractivity contribution < 1.29 is 23.8 Å². The highest BCUT2D eigenvalue weighted by molar-refractivity contribution is 6.30. The summed E-state index contributed by atoms with van der Waals surface area (Å²) in [5, 5.41) is 3.17. The van der Waals surface area contributed by atoms with Crippen molar-refractivity contribution in [2.24, 2.45) is 0 Å². The van der Waals surface area contributed by atoms with Crippen molar-refractivity contribution in [2.75, 3.05) is 25.1 Å². The summed E-state index contributed by atoms with van der Waals surface area (Å²) >= 11 is 5.77. The molecule has 0 saturated heterocycles. The molecular formula is C17H14ClNO5. The molecule has 24 heavy (non-hydrogen) atoms. The number of carbonyl (C=O) groups excluding carboxylic acids is 2. The zero-order valence-electron chi connectivity index (χ0n) is 12.6. The Morgan fingerprint density at radius 2 is 1.75 bits per heavy atom. The van der Waals surface area contributed by atoms with Crippen molar-refractivity contribution in [3.63, 3.8) is 0 Å². The molecule has 0 aromatic heterocycles. The molecule has 0 bridgehead atoms. The van der Waals surface area contributed by atoms with Crippen LogP contribution in [0.25, 0.3) is 0 Å². The first-order chi connectivity index (χ1) is 11.6. The number of hydrogen-bond acceptors (Lipinski definition) is 5. The predicted octanol–water partition coefficient (Wildman–Crippen LogP) is 2.91. The van der Waals surface area contributed by atoms with Crippen LogP contribution in [-0.2, 0) is 9.53 Å². The summed E-state index contributed by atoms with van der Waals surface area (Å²) in [5.41, 5.74) is 0.860. The van der Waals surface area contributed by atoms with Crippen LogP contribution < -0.4 is 14.8 Å². The zero-order chi connectivity index (χ0) is 16.9. The minimum atomic E-state index is -0.613. The number of rotatable bonds is 4. The highest BCUT2D eigenvalue weighted by Gasteiger charge is 2.16. The monoisotopic (exact) mass is 347 g/mol. The summed E-state index contributed by atoms with van der Waals surface area (Å²) in [6.07, 6.45) is 0. The Morgan fingerprint density at radius 3 is 2.50 bits per heavy atom. The lowest BCUT2D eigenvalue weighted by molar-refractivity contribution is -0.119. The van der Waals surface area contributed by atoms with E-state index in [9.17, 15) is 9.59 Å². The van der Waals surface area contributed by atoms with E-state index in [0.717, 1.165) is 0 Å². The summed E-state index contributed by atoms with van der Waals surface area (Å²) in [6.45, 7) is 0.507. The molecule has 2 aromatic carbocycles. The van der Waals surface area contributed by atoms with Crippen LogP contribution in [0.2, 0.25) is 5.02 Å². The molecule has 7 heteroatoms. The standard InChI is InChI=1S/C17H14ClNO5/c18-12-2-4-13(5-3-12)19-16(20)10-24-17(21)11-1-6-14-15(9-11)23-8-7-22-14/h1-6,9H,7-8,10H2,(H,19,20). The fraction of sp³-hybridized carbons (Fsp3) is 0.176. The van der Waals surface area contributed by atoms with Gasteiger partial charge in [0, 0.05) is 10.7 Å². The van der Waals surface area contributed by atoms with Crippen molar-refractivity contribution in [3.05, 3.63) is 53.1 Å². The number of halogens is 1. The molecule has 124 valence electrons. The molecule has 2 aromatic rings. The number of nitrogens with one attached hydrogen (secondary N) is 1. The van der Waals surface area contributed by atoms with Crippen LogP contribution in [0.3, 0.4) is 0 Å². The van der Waals surface area contributed by atoms with Gasteiger partial charge in [-0.1, -0.05) is 11.6 Å². The number of hydrogen-bond donors (Lipinski definition) is 1. The van der Waals surface area contributed by atoms with Crippen LogP contribution in [0.15, 0.2) is 42.5 Å². The van der Waals surface area contributed by atoms with Crippen LogP contribution in [0.5, 0.6) is 11.5 Å². The molecule has 0 fully saturated rings. The molecule has 1 N–H and O–H groups in total. The zero-order valence-corrected chi connectivity index (χ0v) is 13.3. The minimum Gasteiger partial charge on any atom is -0.486 e. The van der Waals surface area contributed by atoms with Crippen LogP contribution in [0.1, 0.15) is 10.4 Å². The van der Waals surface area contributed by atoms with Crippen molar-refractivity contribution in [3.8, 4) is 11.5 Å². The van der Waals surface area contributed by atoms with E-state index in [1.165, 1.54) is 6.07 Å². The molecule has 0 saturated carbocycles. The third-order valence-electron chi connectivity index (χ3n) is 3.24. The number of amides is 1. The highest BCUT2D eigenvalue weighted by atomic mass is 35.5. The predicted molar refractivity (Wildman–Crippen MR) is 87.8 cm³/mol. The van der Waals surface area contributed by atoms with Gasteiger partial charge in [-0.05, 0) is 42.5 Å². The molecule has 3 rings (SSSR count). The number of anilines is 1. The van der Waals surface area contributed by atoms with Gasteiger partial charge in [0.05, 0.1) is 5.56 Å². The third kappa shape index (κ3) is 3.97. The van der Waals surface area contributed by atoms with Crippen LogP contribution in [0.4, 0.5) is 5.69 Å². The average Bonchev–Trinajstić information content (AvgIpc) is 2.61. The molecule has 1 aliphatic heterocycles. The topological polar surface area (TPSA) is 73.9 Å². The maximum absolute atomic E-state index is 12.0. The summed E-state index contributed by atoms with van der Waals surface area (Å²) < 4.78 is 15.8. The second-order valence-electron chi connectivity index (χ2n) is 4.99. The van der Waals surface area contributed by atoms with Gasteiger partial charge < -0.3 is 19.5 Å². The van der Waals surface area contributed by atoms with Gasteiger partial charge in [-0.2, -0.15) is 0 Å². The van der Waals surface area contributed by atoms with E-state index in [-0.39, 0.29) is 0 Å². The summed E-state index contributed by atoms with van der Waals surface area (Å²) in [4.78, 5) is 23.8. The van der Waals surface area contributed by atoms with Crippen LogP contribution in [-0.4, -0.2) is 31.7 Å². The van der Waals surface area contributed by atoms with Gasteiger partial charge in [-0.15, -0.1) is 0 Å². The van der Waals surface area contributed by atoms with E-state index in [1.54, 1.807) is 36.4 Å². The van der Waals surface area contributed by atoms with E-state index in [2.05, 4.69) is 5.32 Å². The Bertz CT molecular complexity index is 760. The number of esters is 1. The largest absolute Gasteiger partial charge is 0.486 e. The molecule has 0 unspecified atom stereocenters. The molecule has 6 nitrogen and oxygen atoms in total. The van der Waals surface area contributed by atoms with Gasteiger partial charge in [0.25, 0.3) is 5.91 Å². The number of carbonyl (C=O) groups is 2. The van der Waals surface area contributed by atoms with Crippen LogP contribution >= 0.6 is 11.6 Å². The maximum atomic E-state index is 12.0. The molecule has 0 spiro atoms. The molecule has 1 heterocycles. The minimum absolute atomic E-state index is 0.290. The first-order valence-electron chi connectivity index (χ1n) is 7.24. The SMILES string of the molecule is O=C(COC(=O)c1ccc2c(c1)OCCO2)Nc1ccc(Cl)cc1. The van der Waals surface area contributed by atoms with Gasteiger partial charge in [0.15, 0.2) is 18.1 Å². The van der Waals surface area contributed by atoms with Crippen molar-refractivity contribution in [2.45, 2.75) is 0 Å².